The number of para-hydroxylation sites is 4. The van der Waals surface area contributed by atoms with Crippen LogP contribution in [0.2, 0.25) is 0 Å². The van der Waals surface area contributed by atoms with Crippen LogP contribution in [0.3, 0.4) is 0 Å². The molecule has 0 spiro atoms. The molecule has 7 heteroatoms. The molecule has 67 heavy (non-hydrogen) atoms. The highest BCUT2D eigenvalue weighted by Gasteiger charge is 2.46. The fraction of sp³-hybridized carbons (Fsp3) is 0. The topological polar surface area (TPSA) is 6.48 Å². The average Bonchev–Trinajstić information content (AvgIpc) is 3.39. The molecule has 14 rings (SSSR count). The molecular weight excluding hydrogens is 845 g/mol. The first-order chi connectivity index (χ1) is 33.2. The lowest BCUT2D eigenvalue weighted by molar-refractivity contribution is 1.26. The molecule has 0 aliphatic carbocycles. The Morgan fingerprint density at radius 3 is 1.24 bits per heavy atom. The van der Waals surface area contributed by atoms with Crippen LogP contribution in [0, 0.1) is 0 Å². The molecule has 4 heterocycles. The zero-order chi connectivity index (χ0) is 44.2. The average molecular weight is 883 g/mol. The van der Waals surface area contributed by atoms with Gasteiger partial charge in [0.2, 0.25) is 13.4 Å². The standard InChI is InChI=1S/C60H37B3N2S2/c61-44-25-11-15-29-50(44)65-52-31-17-13-27-46(52)63-48-36-47-55(37-56(48)67-58-35-42(33-54(65)60(58)63)39-20-6-2-7-21-39)66-57-34-41(38-18-4-1-5-19-38)32-53-59(57)62(47)45-26-12-16-30-51(45)64(53)49-28-14-10-24-43(49)40-22-8-3-9-23-40/h1-37H. The van der Waals surface area contributed by atoms with Gasteiger partial charge in [-0.2, -0.15) is 0 Å². The summed E-state index contributed by atoms with van der Waals surface area (Å²) in [5.74, 6) is 0. The lowest BCUT2D eigenvalue weighted by Crippen LogP contribution is -2.63. The summed E-state index contributed by atoms with van der Waals surface area (Å²) in [5.41, 5.74) is 23.0. The molecule has 0 bridgehead atoms. The minimum Gasteiger partial charge on any atom is -0.312 e. The van der Waals surface area contributed by atoms with Crippen LogP contribution in [0.4, 0.5) is 34.1 Å². The largest absolute Gasteiger partial charge is 0.312 e. The van der Waals surface area contributed by atoms with Crippen molar-refractivity contribution >= 4 is 117 Å². The molecule has 0 unspecified atom stereocenters. The molecule has 0 N–H and O–H groups in total. The van der Waals surface area contributed by atoms with Crippen molar-refractivity contribution in [3.63, 3.8) is 0 Å². The molecule has 308 valence electrons. The van der Waals surface area contributed by atoms with Crippen LogP contribution in [0.15, 0.2) is 244 Å². The molecule has 0 atom stereocenters. The summed E-state index contributed by atoms with van der Waals surface area (Å²) >= 11 is 3.85. The number of nitrogens with zero attached hydrogens (tertiary/aromatic N) is 2. The van der Waals surface area contributed by atoms with Gasteiger partial charge in [-0.25, -0.2) is 0 Å². The highest BCUT2D eigenvalue weighted by molar-refractivity contribution is 8.01. The molecule has 10 aromatic carbocycles. The minimum absolute atomic E-state index is 0.0215. The summed E-state index contributed by atoms with van der Waals surface area (Å²) in [6, 6.07) is 82.7. The van der Waals surface area contributed by atoms with Crippen LogP contribution in [0.25, 0.3) is 33.4 Å². The summed E-state index contributed by atoms with van der Waals surface area (Å²) in [7, 11) is 6.89. The molecule has 0 saturated heterocycles. The van der Waals surface area contributed by atoms with Crippen molar-refractivity contribution in [1.29, 1.82) is 0 Å². The summed E-state index contributed by atoms with van der Waals surface area (Å²) in [6.07, 6.45) is 0. The highest BCUT2D eigenvalue weighted by atomic mass is 32.2. The fourth-order valence-electron chi connectivity index (χ4n) is 11.2. The van der Waals surface area contributed by atoms with E-state index in [0.29, 0.717) is 0 Å². The highest BCUT2D eigenvalue weighted by Crippen LogP contribution is 2.48. The second kappa shape index (κ2) is 15.4. The van der Waals surface area contributed by atoms with Crippen LogP contribution in [-0.2, 0) is 0 Å². The number of fused-ring (bicyclic) bond motifs is 8. The van der Waals surface area contributed by atoms with E-state index in [-0.39, 0.29) is 13.4 Å². The first-order valence-electron chi connectivity index (χ1n) is 22.9. The Kier molecular flexibility index (Phi) is 8.94. The summed E-state index contributed by atoms with van der Waals surface area (Å²) in [4.78, 5) is 10.2. The van der Waals surface area contributed by atoms with E-state index in [1.807, 2.05) is 35.7 Å². The quantitative estimate of drug-likeness (QED) is 0.159. The van der Waals surface area contributed by atoms with Crippen molar-refractivity contribution in [3.8, 4) is 33.4 Å². The van der Waals surface area contributed by atoms with Gasteiger partial charge >= 0.3 is 0 Å². The number of anilines is 6. The molecule has 4 aliphatic heterocycles. The number of rotatable bonds is 5. The second-order valence-corrected chi connectivity index (χ2v) is 19.9. The monoisotopic (exact) mass is 882 g/mol. The van der Waals surface area contributed by atoms with Gasteiger partial charge in [-0.15, -0.1) is 0 Å². The van der Waals surface area contributed by atoms with E-state index < -0.39 is 0 Å². The summed E-state index contributed by atoms with van der Waals surface area (Å²) in [6.45, 7) is 0.0478. The van der Waals surface area contributed by atoms with Crippen LogP contribution in [0.5, 0.6) is 0 Å². The van der Waals surface area contributed by atoms with Crippen LogP contribution in [-0.4, -0.2) is 21.3 Å². The lowest BCUT2D eigenvalue weighted by Gasteiger charge is -2.43. The van der Waals surface area contributed by atoms with Gasteiger partial charge in [0, 0.05) is 53.6 Å². The molecular formula is C60H37B3N2S2. The number of hydrogen-bond donors (Lipinski definition) is 0. The number of hydrogen-bond acceptors (Lipinski definition) is 4. The third kappa shape index (κ3) is 6.04. The van der Waals surface area contributed by atoms with E-state index in [2.05, 4.69) is 222 Å². The maximum absolute atomic E-state index is 6.89. The van der Waals surface area contributed by atoms with Crippen molar-refractivity contribution in [2.45, 2.75) is 19.6 Å². The molecule has 0 amide bonds. The minimum atomic E-state index is 0.0215. The molecule has 2 nitrogen and oxygen atoms in total. The van der Waals surface area contributed by atoms with E-state index in [4.69, 9.17) is 7.85 Å². The van der Waals surface area contributed by atoms with Crippen molar-refractivity contribution in [2.75, 3.05) is 9.80 Å². The van der Waals surface area contributed by atoms with Crippen molar-refractivity contribution < 1.29 is 0 Å². The zero-order valence-corrected chi connectivity index (χ0v) is 37.9. The summed E-state index contributed by atoms with van der Waals surface area (Å²) in [5, 5.41) is 0. The van der Waals surface area contributed by atoms with Gasteiger partial charge in [0.1, 0.15) is 7.85 Å². The molecule has 0 saturated carbocycles. The number of benzene rings is 10. The van der Waals surface area contributed by atoms with Gasteiger partial charge in [-0.05, 0) is 104 Å². The van der Waals surface area contributed by atoms with Gasteiger partial charge in [-0.1, -0.05) is 210 Å². The Morgan fingerprint density at radius 2 is 0.716 bits per heavy atom. The first-order valence-corrected chi connectivity index (χ1v) is 24.6. The Balaban J connectivity index is 1.01. The first kappa shape index (κ1) is 38.9. The Labute approximate surface area is 401 Å². The molecule has 2 radical (unpaired) electrons. The SMILES string of the molecule is [B]c1ccccc1N1c2ccccc2B2c3cc4c(cc3Sc3cc(-c5ccccc5)cc1c32)Sc1cc(-c2ccccc2)cc2c1B4c1ccccc1N2c1ccccc1-c1ccccc1. The van der Waals surface area contributed by atoms with E-state index in [1.54, 1.807) is 0 Å². The van der Waals surface area contributed by atoms with Gasteiger partial charge < -0.3 is 9.80 Å². The van der Waals surface area contributed by atoms with Crippen LogP contribution in [0.1, 0.15) is 0 Å². The Hall–Kier alpha value is -7.31. The van der Waals surface area contributed by atoms with Crippen LogP contribution < -0.4 is 48.0 Å². The smallest absolute Gasteiger partial charge is 0.249 e. The van der Waals surface area contributed by atoms with E-state index in [9.17, 15) is 0 Å². The Morgan fingerprint density at radius 1 is 0.299 bits per heavy atom. The normalized spacial score (nSPS) is 13.5. The molecule has 4 aliphatic rings. The predicted molar refractivity (Wildman–Crippen MR) is 288 cm³/mol. The molecule has 0 aromatic heterocycles. The van der Waals surface area contributed by atoms with E-state index in [1.165, 1.54) is 108 Å². The lowest BCUT2D eigenvalue weighted by atomic mass is 9.31. The third-order valence-electron chi connectivity index (χ3n) is 14.1. The Bertz CT molecular complexity index is 3640. The third-order valence-corrected chi connectivity index (χ3v) is 16.4. The van der Waals surface area contributed by atoms with Gasteiger partial charge in [0.15, 0.2) is 0 Å². The fourth-order valence-corrected chi connectivity index (χ4v) is 13.8. The maximum Gasteiger partial charge on any atom is 0.249 e. The molecule has 0 fully saturated rings. The van der Waals surface area contributed by atoms with Gasteiger partial charge in [0.25, 0.3) is 0 Å². The summed E-state index contributed by atoms with van der Waals surface area (Å²) < 4.78 is 0. The van der Waals surface area contributed by atoms with E-state index in [0.717, 1.165) is 16.8 Å². The second-order valence-electron chi connectivity index (χ2n) is 17.8. The zero-order valence-electron chi connectivity index (χ0n) is 36.3. The van der Waals surface area contributed by atoms with Crippen molar-refractivity contribution in [1.82, 2.24) is 0 Å². The van der Waals surface area contributed by atoms with Gasteiger partial charge in [0.05, 0.1) is 5.69 Å². The van der Waals surface area contributed by atoms with Crippen molar-refractivity contribution in [2.24, 2.45) is 0 Å². The van der Waals surface area contributed by atoms with E-state index >= 15 is 0 Å². The van der Waals surface area contributed by atoms with Gasteiger partial charge in [-0.3, -0.25) is 0 Å². The van der Waals surface area contributed by atoms with Crippen molar-refractivity contribution in [3.05, 3.63) is 224 Å². The maximum atomic E-state index is 6.89. The van der Waals surface area contributed by atoms with Crippen LogP contribution >= 0.6 is 23.5 Å². The molecule has 10 aromatic rings. The predicted octanol–water partition coefficient (Wildman–Crippen LogP) is 11.0.